The van der Waals surface area contributed by atoms with Crippen molar-refractivity contribution in [1.29, 1.82) is 0 Å². The van der Waals surface area contributed by atoms with Crippen LogP contribution in [0.15, 0.2) is 23.1 Å². The molecule has 0 radical (unpaired) electrons. The zero-order valence-electron chi connectivity index (χ0n) is 10.9. The van der Waals surface area contributed by atoms with Gasteiger partial charge in [-0.15, -0.1) is 0 Å². The van der Waals surface area contributed by atoms with Crippen LogP contribution >= 0.6 is 0 Å². The average Bonchev–Trinajstić information content (AvgIpc) is 3.08. The zero-order chi connectivity index (χ0) is 13.3. The van der Waals surface area contributed by atoms with Gasteiger partial charge in [-0.3, -0.25) is 0 Å². The fraction of sp³-hybridized carbons (Fsp3) is 0.538. The molecule has 2 rings (SSSR count). The third-order valence-corrected chi connectivity index (χ3v) is 5.30. The number of nitrogens with zero attached hydrogens (tertiary/aromatic N) is 1. The first-order chi connectivity index (χ1) is 8.46. The molecular formula is C13H20N2O2S. The number of aryl methyl sites for hydroxylation is 1. The maximum atomic E-state index is 12.6. The van der Waals surface area contributed by atoms with Crippen molar-refractivity contribution in [1.82, 2.24) is 4.31 Å². The summed E-state index contributed by atoms with van der Waals surface area (Å²) in [6.07, 6.45) is 2.80. The van der Waals surface area contributed by atoms with Crippen LogP contribution in [0.2, 0.25) is 0 Å². The first-order valence-corrected chi connectivity index (χ1v) is 7.78. The molecule has 1 saturated carbocycles. The molecule has 1 aromatic carbocycles. The number of anilines is 1. The van der Waals surface area contributed by atoms with Crippen LogP contribution in [0.1, 0.15) is 31.7 Å². The lowest BCUT2D eigenvalue weighted by atomic mass is 10.2. The van der Waals surface area contributed by atoms with Crippen LogP contribution in [0, 0.1) is 6.92 Å². The van der Waals surface area contributed by atoms with Crippen molar-refractivity contribution in [3.8, 4) is 0 Å². The van der Waals surface area contributed by atoms with Gasteiger partial charge in [0, 0.05) is 18.3 Å². The molecule has 1 aliphatic rings. The standard InChI is InChI=1S/C13H20N2O2S/c1-3-8-15(12-5-6-12)18(16,17)13-7-4-11(14)9-10(13)2/h4,7,9,12H,3,5-6,8,14H2,1-2H3. The average molecular weight is 268 g/mol. The highest BCUT2D eigenvalue weighted by atomic mass is 32.2. The van der Waals surface area contributed by atoms with E-state index in [1.165, 1.54) is 0 Å². The van der Waals surface area contributed by atoms with E-state index in [1.807, 2.05) is 6.92 Å². The van der Waals surface area contributed by atoms with Gasteiger partial charge in [0.05, 0.1) is 4.90 Å². The van der Waals surface area contributed by atoms with E-state index >= 15 is 0 Å². The van der Waals surface area contributed by atoms with Crippen LogP contribution in [0.25, 0.3) is 0 Å². The van der Waals surface area contributed by atoms with E-state index in [0.29, 0.717) is 17.1 Å². The molecule has 18 heavy (non-hydrogen) atoms. The summed E-state index contributed by atoms with van der Waals surface area (Å²) in [6, 6.07) is 5.18. The van der Waals surface area contributed by atoms with Crippen LogP contribution in [-0.2, 0) is 10.0 Å². The highest BCUT2D eigenvalue weighted by molar-refractivity contribution is 7.89. The Kier molecular flexibility index (Phi) is 3.64. The third kappa shape index (κ3) is 2.52. The predicted octanol–water partition coefficient (Wildman–Crippen LogP) is 2.14. The molecule has 0 heterocycles. The van der Waals surface area contributed by atoms with Crippen LogP contribution in [0.5, 0.6) is 0 Å². The number of hydrogen-bond acceptors (Lipinski definition) is 3. The van der Waals surface area contributed by atoms with E-state index in [-0.39, 0.29) is 6.04 Å². The van der Waals surface area contributed by atoms with E-state index < -0.39 is 10.0 Å². The maximum absolute atomic E-state index is 12.6. The van der Waals surface area contributed by atoms with Crippen molar-refractivity contribution in [2.75, 3.05) is 12.3 Å². The lowest BCUT2D eigenvalue weighted by molar-refractivity contribution is 0.403. The van der Waals surface area contributed by atoms with Crippen molar-refractivity contribution in [2.45, 2.75) is 44.0 Å². The molecule has 0 bridgehead atoms. The molecule has 100 valence electrons. The largest absolute Gasteiger partial charge is 0.399 e. The molecule has 4 nitrogen and oxygen atoms in total. The molecule has 2 N–H and O–H groups in total. The molecule has 0 aromatic heterocycles. The van der Waals surface area contributed by atoms with Crippen LogP contribution in [0.3, 0.4) is 0 Å². The van der Waals surface area contributed by atoms with Gasteiger partial charge in [-0.1, -0.05) is 6.92 Å². The van der Waals surface area contributed by atoms with Crippen molar-refractivity contribution in [3.05, 3.63) is 23.8 Å². The minimum absolute atomic E-state index is 0.201. The molecule has 0 aliphatic heterocycles. The molecule has 0 unspecified atom stereocenters. The summed E-state index contributed by atoms with van der Waals surface area (Å²) in [4.78, 5) is 0.386. The molecule has 5 heteroatoms. The fourth-order valence-corrected chi connectivity index (χ4v) is 4.15. The Morgan fingerprint density at radius 3 is 2.56 bits per heavy atom. The summed E-state index contributed by atoms with van der Waals surface area (Å²) in [5, 5.41) is 0. The van der Waals surface area contributed by atoms with Crippen molar-refractivity contribution in [2.24, 2.45) is 0 Å². The first kappa shape index (κ1) is 13.4. The van der Waals surface area contributed by atoms with Crippen molar-refractivity contribution >= 4 is 15.7 Å². The normalized spacial score (nSPS) is 16.2. The fourth-order valence-electron chi connectivity index (χ4n) is 2.17. The second kappa shape index (κ2) is 4.90. The number of rotatable bonds is 5. The third-order valence-electron chi connectivity index (χ3n) is 3.18. The summed E-state index contributed by atoms with van der Waals surface area (Å²) in [5.74, 6) is 0. The Labute approximate surface area is 109 Å². The Hall–Kier alpha value is -1.07. The van der Waals surface area contributed by atoms with Crippen molar-refractivity contribution in [3.63, 3.8) is 0 Å². The second-order valence-electron chi connectivity index (χ2n) is 4.87. The van der Waals surface area contributed by atoms with Gasteiger partial charge >= 0.3 is 0 Å². The SMILES string of the molecule is CCCN(C1CC1)S(=O)(=O)c1ccc(N)cc1C. The lowest BCUT2D eigenvalue weighted by Crippen LogP contribution is -2.34. The van der Waals surface area contributed by atoms with E-state index in [2.05, 4.69) is 0 Å². The molecule has 1 fully saturated rings. The van der Waals surface area contributed by atoms with Gasteiger partial charge in [0.1, 0.15) is 0 Å². The van der Waals surface area contributed by atoms with Crippen LogP contribution in [0.4, 0.5) is 5.69 Å². The highest BCUT2D eigenvalue weighted by Crippen LogP contribution is 2.33. The van der Waals surface area contributed by atoms with E-state index in [1.54, 1.807) is 29.4 Å². The smallest absolute Gasteiger partial charge is 0.243 e. The predicted molar refractivity (Wildman–Crippen MR) is 72.8 cm³/mol. The van der Waals surface area contributed by atoms with Crippen LogP contribution in [-0.4, -0.2) is 25.3 Å². The van der Waals surface area contributed by atoms with Gasteiger partial charge in [0.25, 0.3) is 0 Å². The van der Waals surface area contributed by atoms with Gasteiger partial charge in [-0.05, 0) is 49.9 Å². The molecule has 0 atom stereocenters. The quantitative estimate of drug-likeness (QED) is 0.832. The molecular weight excluding hydrogens is 248 g/mol. The van der Waals surface area contributed by atoms with Gasteiger partial charge in [-0.2, -0.15) is 4.31 Å². The zero-order valence-corrected chi connectivity index (χ0v) is 11.7. The minimum Gasteiger partial charge on any atom is -0.399 e. The molecule has 0 amide bonds. The highest BCUT2D eigenvalue weighted by Gasteiger charge is 2.37. The number of sulfonamides is 1. The monoisotopic (exact) mass is 268 g/mol. The van der Waals surface area contributed by atoms with E-state index in [4.69, 9.17) is 5.73 Å². The van der Waals surface area contributed by atoms with E-state index in [0.717, 1.165) is 24.8 Å². The van der Waals surface area contributed by atoms with Crippen molar-refractivity contribution < 1.29 is 8.42 Å². The molecule has 0 saturated heterocycles. The number of nitrogen functional groups attached to an aromatic ring is 1. The lowest BCUT2D eigenvalue weighted by Gasteiger charge is -2.22. The van der Waals surface area contributed by atoms with Gasteiger partial charge in [0.15, 0.2) is 0 Å². The maximum Gasteiger partial charge on any atom is 0.243 e. The van der Waals surface area contributed by atoms with Gasteiger partial charge in [0.2, 0.25) is 10.0 Å². The first-order valence-electron chi connectivity index (χ1n) is 6.34. The van der Waals surface area contributed by atoms with Gasteiger partial charge in [-0.25, -0.2) is 8.42 Å². The molecule has 0 spiro atoms. The Morgan fingerprint density at radius 2 is 2.06 bits per heavy atom. The summed E-state index contributed by atoms with van der Waals surface area (Å²) >= 11 is 0. The Balaban J connectivity index is 2.39. The van der Waals surface area contributed by atoms with Gasteiger partial charge < -0.3 is 5.73 Å². The summed E-state index contributed by atoms with van der Waals surface area (Å²) in [7, 11) is -3.37. The second-order valence-corrected chi connectivity index (χ2v) is 6.73. The Morgan fingerprint density at radius 1 is 1.39 bits per heavy atom. The molecule has 1 aliphatic carbocycles. The topological polar surface area (TPSA) is 63.4 Å². The van der Waals surface area contributed by atoms with Crippen LogP contribution < -0.4 is 5.73 Å². The number of nitrogens with two attached hydrogens (primary N) is 1. The number of hydrogen-bond donors (Lipinski definition) is 1. The minimum atomic E-state index is -3.37. The van der Waals surface area contributed by atoms with E-state index in [9.17, 15) is 8.42 Å². The summed E-state index contributed by atoms with van der Waals surface area (Å²) < 4.78 is 26.9. The Bertz CT molecular complexity index is 536. The summed E-state index contributed by atoms with van der Waals surface area (Å²) in [5.41, 5.74) is 6.99. The molecule has 1 aromatic rings. The summed E-state index contributed by atoms with van der Waals surface area (Å²) in [6.45, 7) is 4.39. The number of benzene rings is 1.